The predicted molar refractivity (Wildman–Crippen MR) is 92.4 cm³/mol. The molecule has 2 saturated heterocycles. The fourth-order valence-electron chi connectivity index (χ4n) is 3.68. The number of rotatable bonds is 3. The Morgan fingerprint density at radius 1 is 0.962 bits per heavy atom. The standard InChI is InChI=1S/C18H16F2N2O3S/c19-13-5-7-14(8-6-13)22-17-11-26(24,25)10-16(17)21(18(22)23)9-12-3-1-2-4-15(12)20/h1-8,16-17H,9-11H2/t16-,17+/m1/s1. The first-order valence-electron chi connectivity index (χ1n) is 8.15. The number of sulfone groups is 1. The lowest BCUT2D eigenvalue weighted by Gasteiger charge is -2.22. The van der Waals surface area contributed by atoms with Crippen LogP contribution in [0.5, 0.6) is 0 Å². The molecule has 0 aliphatic carbocycles. The van der Waals surface area contributed by atoms with Gasteiger partial charge in [0.15, 0.2) is 9.84 Å². The van der Waals surface area contributed by atoms with Gasteiger partial charge in [-0.25, -0.2) is 22.0 Å². The van der Waals surface area contributed by atoms with Crippen LogP contribution in [0.15, 0.2) is 48.5 Å². The van der Waals surface area contributed by atoms with Gasteiger partial charge in [0.25, 0.3) is 0 Å². The molecule has 26 heavy (non-hydrogen) atoms. The van der Waals surface area contributed by atoms with Crippen molar-refractivity contribution < 1.29 is 22.0 Å². The smallest absolute Gasteiger partial charge is 0.314 e. The van der Waals surface area contributed by atoms with Crippen molar-refractivity contribution in [2.24, 2.45) is 0 Å². The molecule has 0 N–H and O–H groups in total. The Labute approximate surface area is 149 Å². The monoisotopic (exact) mass is 378 g/mol. The quantitative estimate of drug-likeness (QED) is 0.772. The highest BCUT2D eigenvalue weighted by Crippen LogP contribution is 2.36. The van der Waals surface area contributed by atoms with Gasteiger partial charge in [-0.05, 0) is 30.3 Å². The third-order valence-corrected chi connectivity index (χ3v) is 6.58. The molecule has 2 heterocycles. The average molecular weight is 378 g/mol. The fraction of sp³-hybridized carbons (Fsp3) is 0.278. The number of hydrogen-bond acceptors (Lipinski definition) is 3. The molecule has 8 heteroatoms. The zero-order valence-corrected chi connectivity index (χ0v) is 14.5. The van der Waals surface area contributed by atoms with Crippen molar-refractivity contribution in [2.75, 3.05) is 16.4 Å². The maximum atomic E-state index is 14.0. The molecule has 136 valence electrons. The minimum absolute atomic E-state index is 0.0140. The van der Waals surface area contributed by atoms with E-state index in [2.05, 4.69) is 0 Å². The Kier molecular flexibility index (Phi) is 3.95. The van der Waals surface area contributed by atoms with Crippen molar-refractivity contribution in [3.8, 4) is 0 Å². The van der Waals surface area contributed by atoms with Gasteiger partial charge < -0.3 is 4.90 Å². The summed E-state index contributed by atoms with van der Waals surface area (Å²) in [5, 5.41) is 0. The number of fused-ring (bicyclic) bond motifs is 1. The number of urea groups is 1. The molecule has 0 saturated carbocycles. The number of amides is 2. The zero-order valence-electron chi connectivity index (χ0n) is 13.7. The normalized spacial score (nSPS) is 24.2. The second-order valence-corrected chi connectivity index (χ2v) is 8.71. The van der Waals surface area contributed by atoms with Crippen molar-refractivity contribution >= 4 is 21.6 Å². The third kappa shape index (κ3) is 2.84. The molecule has 2 fully saturated rings. The summed E-state index contributed by atoms with van der Waals surface area (Å²) in [6, 6.07) is 9.91. The van der Waals surface area contributed by atoms with Crippen molar-refractivity contribution in [1.29, 1.82) is 0 Å². The van der Waals surface area contributed by atoms with Crippen LogP contribution in [0.4, 0.5) is 19.3 Å². The minimum Gasteiger partial charge on any atom is -0.314 e. The van der Waals surface area contributed by atoms with Crippen molar-refractivity contribution in [3.63, 3.8) is 0 Å². The highest BCUT2D eigenvalue weighted by atomic mass is 32.2. The number of nitrogens with zero attached hydrogens (tertiary/aromatic N) is 2. The molecule has 0 bridgehead atoms. The largest absolute Gasteiger partial charge is 0.325 e. The Balaban J connectivity index is 1.72. The molecule has 2 aromatic rings. The molecule has 5 nitrogen and oxygen atoms in total. The third-order valence-electron chi connectivity index (χ3n) is 4.88. The summed E-state index contributed by atoms with van der Waals surface area (Å²) in [6.45, 7) is -0.0140. The minimum atomic E-state index is -3.32. The predicted octanol–water partition coefficient (Wildman–Crippen LogP) is 2.57. The van der Waals surface area contributed by atoms with Crippen LogP contribution >= 0.6 is 0 Å². The van der Waals surface area contributed by atoms with Crippen LogP contribution in [0.3, 0.4) is 0 Å². The lowest BCUT2D eigenvalue weighted by Crippen LogP contribution is -2.37. The summed E-state index contributed by atoms with van der Waals surface area (Å²) in [7, 11) is -3.32. The number of hydrogen-bond donors (Lipinski definition) is 0. The summed E-state index contributed by atoms with van der Waals surface area (Å²) < 4.78 is 51.5. The topological polar surface area (TPSA) is 57.7 Å². The number of carbonyl (C=O) groups excluding carboxylic acids is 1. The van der Waals surface area contributed by atoms with E-state index in [1.165, 1.54) is 40.1 Å². The first-order valence-corrected chi connectivity index (χ1v) is 9.97. The molecule has 2 aromatic carbocycles. The number of halogens is 2. The summed E-state index contributed by atoms with van der Waals surface area (Å²) in [6.07, 6.45) is 0. The fourth-order valence-corrected chi connectivity index (χ4v) is 5.63. The Morgan fingerprint density at radius 3 is 2.31 bits per heavy atom. The second-order valence-electron chi connectivity index (χ2n) is 6.56. The number of benzene rings is 2. The van der Waals surface area contributed by atoms with Gasteiger partial charge in [0.1, 0.15) is 11.6 Å². The molecular weight excluding hydrogens is 362 g/mol. The number of carbonyl (C=O) groups is 1. The van der Waals surface area contributed by atoms with Gasteiger partial charge in [-0.1, -0.05) is 18.2 Å². The molecule has 4 rings (SSSR count). The van der Waals surface area contributed by atoms with E-state index in [-0.39, 0.29) is 18.1 Å². The highest BCUT2D eigenvalue weighted by molar-refractivity contribution is 7.91. The highest BCUT2D eigenvalue weighted by Gasteiger charge is 2.53. The van der Waals surface area contributed by atoms with Gasteiger partial charge in [0, 0.05) is 11.3 Å². The van der Waals surface area contributed by atoms with Crippen molar-refractivity contribution in [2.45, 2.75) is 18.6 Å². The van der Waals surface area contributed by atoms with E-state index in [0.29, 0.717) is 11.3 Å². The van der Waals surface area contributed by atoms with Crippen molar-refractivity contribution in [3.05, 3.63) is 65.7 Å². The van der Waals surface area contributed by atoms with Crippen LogP contribution < -0.4 is 4.90 Å². The number of anilines is 1. The first kappa shape index (κ1) is 17.0. The van der Waals surface area contributed by atoms with Gasteiger partial charge in [0.2, 0.25) is 0 Å². The molecular formula is C18H16F2N2O3S. The van der Waals surface area contributed by atoms with Crippen LogP contribution in [0.1, 0.15) is 5.56 Å². The van der Waals surface area contributed by atoms with E-state index in [4.69, 9.17) is 0 Å². The van der Waals surface area contributed by atoms with Gasteiger partial charge in [0.05, 0.1) is 30.1 Å². The molecule has 2 aliphatic heterocycles. The van der Waals surface area contributed by atoms with Crippen LogP contribution in [-0.4, -0.2) is 42.9 Å². The lowest BCUT2D eigenvalue weighted by molar-refractivity contribution is 0.205. The van der Waals surface area contributed by atoms with Crippen molar-refractivity contribution in [1.82, 2.24) is 4.90 Å². The first-order chi connectivity index (χ1) is 12.4. The Hall–Kier alpha value is -2.48. The van der Waals surface area contributed by atoms with Crippen LogP contribution in [0.25, 0.3) is 0 Å². The lowest BCUT2D eigenvalue weighted by atomic mass is 10.1. The van der Waals surface area contributed by atoms with E-state index < -0.39 is 39.6 Å². The maximum absolute atomic E-state index is 14.0. The van der Waals surface area contributed by atoms with Gasteiger partial charge in [-0.15, -0.1) is 0 Å². The molecule has 2 atom stereocenters. The molecule has 2 amide bonds. The summed E-state index contributed by atoms with van der Waals surface area (Å²) in [5.74, 6) is -1.21. The summed E-state index contributed by atoms with van der Waals surface area (Å²) in [4.78, 5) is 15.8. The molecule has 2 aliphatic rings. The van der Waals surface area contributed by atoms with Crippen LogP contribution in [0.2, 0.25) is 0 Å². The van der Waals surface area contributed by atoms with E-state index in [1.807, 2.05) is 0 Å². The second kappa shape index (κ2) is 6.05. The van der Waals surface area contributed by atoms with E-state index in [9.17, 15) is 22.0 Å². The molecule has 0 radical (unpaired) electrons. The Morgan fingerprint density at radius 2 is 1.62 bits per heavy atom. The molecule has 0 spiro atoms. The maximum Gasteiger partial charge on any atom is 0.325 e. The zero-order chi connectivity index (χ0) is 18.5. The summed E-state index contributed by atoms with van der Waals surface area (Å²) >= 11 is 0. The van der Waals surface area contributed by atoms with Gasteiger partial charge in [-0.2, -0.15) is 0 Å². The van der Waals surface area contributed by atoms with E-state index in [1.54, 1.807) is 18.2 Å². The van der Waals surface area contributed by atoms with Gasteiger partial charge >= 0.3 is 6.03 Å². The van der Waals surface area contributed by atoms with E-state index >= 15 is 0 Å². The Bertz CT molecular complexity index is 963. The van der Waals surface area contributed by atoms with Crippen LogP contribution in [-0.2, 0) is 16.4 Å². The van der Waals surface area contributed by atoms with E-state index in [0.717, 1.165) is 0 Å². The summed E-state index contributed by atoms with van der Waals surface area (Å²) in [5.41, 5.74) is 0.754. The average Bonchev–Trinajstić information content (AvgIpc) is 3.02. The molecule has 0 aromatic heterocycles. The van der Waals surface area contributed by atoms with Gasteiger partial charge in [-0.3, -0.25) is 4.90 Å². The SMILES string of the molecule is O=C1N(Cc2ccccc2F)[C@@H]2CS(=O)(=O)C[C@@H]2N1c1ccc(F)cc1. The van der Waals surface area contributed by atoms with Crippen LogP contribution in [0, 0.1) is 11.6 Å². The molecule has 0 unspecified atom stereocenters.